The molecule has 1 atom stereocenters. The molecular weight excluding hydrogens is 272 g/mol. The molecule has 1 aromatic carbocycles. The lowest BCUT2D eigenvalue weighted by molar-refractivity contribution is -0.0564. The summed E-state index contributed by atoms with van der Waals surface area (Å²) < 4.78 is 11.3. The first-order valence-electron chi connectivity index (χ1n) is 7.08. The van der Waals surface area contributed by atoms with Crippen molar-refractivity contribution in [3.8, 4) is 5.75 Å². The second-order valence-corrected chi connectivity index (χ2v) is 5.45. The van der Waals surface area contributed by atoms with Crippen LogP contribution in [-0.4, -0.2) is 54.4 Å². The fraction of sp³-hybridized carbons (Fsp3) is 0.533. The highest BCUT2D eigenvalue weighted by atomic mass is 16.5. The Morgan fingerprint density at radius 1 is 1.57 bits per heavy atom. The Morgan fingerprint density at radius 2 is 2.33 bits per heavy atom. The van der Waals surface area contributed by atoms with Crippen LogP contribution in [0.1, 0.15) is 24.2 Å². The van der Waals surface area contributed by atoms with Gasteiger partial charge < -0.3 is 20.3 Å². The van der Waals surface area contributed by atoms with Gasteiger partial charge in [-0.15, -0.1) is 0 Å². The Balaban J connectivity index is 1.91. The predicted octanol–water partition coefficient (Wildman–Crippen LogP) is 1.46. The second kappa shape index (κ2) is 6.78. The van der Waals surface area contributed by atoms with E-state index in [4.69, 9.17) is 20.3 Å². The molecule has 116 valence electrons. The lowest BCUT2D eigenvalue weighted by Gasteiger charge is -2.35. The van der Waals surface area contributed by atoms with Crippen molar-refractivity contribution in [3.63, 3.8) is 0 Å². The van der Waals surface area contributed by atoms with E-state index in [0.717, 1.165) is 13.1 Å². The largest absolute Gasteiger partial charge is 0.491 e. The molecule has 0 aromatic heterocycles. The minimum absolute atomic E-state index is 0.0153. The van der Waals surface area contributed by atoms with Crippen molar-refractivity contribution in [2.24, 2.45) is 0 Å². The van der Waals surface area contributed by atoms with Gasteiger partial charge in [0.1, 0.15) is 18.5 Å². The van der Waals surface area contributed by atoms with Gasteiger partial charge in [-0.1, -0.05) is 0 Å². The maximum Gasteiger partial charge on any atom is 0.337 e. The van der Waals surface area contributed by atoms with Crippen molar-refractivity contribution in [2.45, 2.75) is 26.0 Å². The van der Waals surface area contributed by atoms with E-state index in [9.17, 15) is 4.79 Å². The van der Waals surface area contributed by atoms with Crippen molar-refractivity contribution in [1.82, 2.24) is 4.90 Å². The molecule has 1 aliphatic rings. The van der Waals surface area contributed by atoms with Crippen LogP contribution in [0.2, 0.25) is 0 Å². The smallest absolute Gasteiger partial charge is 0.337 e. The number of morpholine rings is 1. The number of carboxylic acids is 1. The highest BCUT2D eigenvalue weighted by Gasteiger charge is 2.22. The van der Waals surface area contributed by atoms with Gasteiger partial charge in [-0.05, 0) is 26.0 Å². The molecule has 1 saturated heterocycles. The monoisotopic (exact) mass is 294 g/mol. The minimum Gasteiger partial charge on any atom is -0.491 e. The summed E-state index contributed by atoms with van der Waals surface area (Å²) >= 11 is 0. The summed E-state index contributed by atoms with van der Waals surface area (Å²) in [6.45, 7) is 7.22. The molecule has 0 spiro atoms. The van der Waals surface area contributed by atoms with Crippen LogP contribution in [0.15, 0.2) is 18.2 Å². The lowest BCUT2D eigenvalue weighted by Crippen LogP contribution is -2.47. The molecule has 0 radical (unpaired) electrons. The summed E-state index contributed by atoms with van der Waals surface area (Å²) in [5, 5.41) is 8.93. The van der Waals surface area contributed by atoms with Crippen molar-refractivity contribution in [3.05, 3.63) is 23.8 Å². The van der Waals surface area contributed by atoms with E-state index in [1.165, 1.54) is 12.1 Å². The molecule has 21 heavy (non-hydrogen) atoms. The summed E-state index contributed by atoms with van der Waals surface area (Å²) in [4.78, 5) is 13.2. The SMILES string of the molecule is CC(C)N1CCOC(COc2ccc(C(=O)O)c(N)c2)C1. The van der Waals surface area contributed by atoms with Crippen molar-refractivity contribution < 1.29 is 19.4 Å². The number of benzene rings is 1. The Labute approximate surface area is 124 Å². The molecule has 1 fully saturated rings. The van der Waals surface area contributed by atoms with E-state index in [0.29, 0.717) is 25.0 Å². The highest BCUT2D eigenvalue weighted by molar-refractivity contribution is 5.93. The number of nitrogens with zero attached hydrogens (tertiary/aromatic N) is 1. The summed E-state index contributed by atoms with van der Waals surface area (Å²) in [6, 6.07) is 5.09. The van der Waals surface area contributed by atoms with Gasteiger partial charge in [-0.25, -0.2) is 4.79 Å². The van der Waals surface area contributed by atoms with E-state index in [2.05, 4.69) is 18.7 Å². The van der Waals surface area contributed by atoms with Gasteiger partial charge in [0.2, 0.25) is 0 Å². The van der Waals surface area contributed by atoms with E-state index in [1.54, 1.807) is 6.07 Å². The molecule has 0 aliphatic carbocycles. The zero-order valence-electron chi connectivity index (χ0n) is 12.4. The summed E-state index contributed by atoms with van der Waals surface area (Å²) in [5.74, 6) is -0.481. The highest BCUT2D eigenvalue weighted by Crippen LogP contribution is 2.20. The summed E-state index contributed by atoms with van der Waals surface area (Å²) in [5.41, 5.74) is 5.98. The van der Waals surface area contributed by atoms with E-state index >= 15 is 0 Å². The zero-order valence-corrected chi connectivity index (χ0v) is 12.4. The van der Waals surface area contributed by atoms with Crippen LogP contribution in [0, 0.1) is 0 Å². The minimum atomic E-state index is -1.04. The van der Waals surface area contributed by atoms with Crippen LogP contribution >= 0.6 is 0 Å². The first-order valence-corrected chi connectivity index (χ1v) is 7.08. The number of hydrogen-bond donors (Lipinski definition) is 2. The number of anilines is 1. The fourth-order valence-electron chi connectivity index (χ4n) is 2.33. The van der Waals surface area contributed by atoms with E-state index < -0.39 is 5.97 Å². The Hall–Kier alpha value is -1.79. The third kappa shape index (κ3) is 4.09. The first-order chi connectivity index (χ1) is 9.97. The first kappa shape index (κ1) is 15.6. The number of nitrogens with two attached hydrogens (primary N) is 1. The number of ether oxygens (including phenoxy) is 2. The van der Waals surface area contributed by atoms with Crippen molar-refractivity contribution in [2.75, 3.05) is 32.0 Å². The van der Waals surface area contributed by atoms with Crippen LogP contribution in [0.5, 0.6) is 5.75 Å². The van der Waals surface area contributed by atoms with Crippen molar-refractivity contribution >= 4 is 11.7 Å². The Morgan fingerprint density at radius 3 is 2.95 bits per heavy atom. The standard InChI is InChI=1S/C15H22N2O4/c1-10(2)17-5-6-20-12(8-17)9-21-11-3-4-13(15(18)19)14(16)7-11/h3-4,7,10,12H,5-6,8-9,16H2,1-2H3,(H,18,19). The van der Waals surface area contributed by atoms with Gasteiger partial charge >= 0.3 is 5.97 Å². The normalized spacial score (nSPS) is 19.7. The molecule has 6 nitrogen and oxygen atoms in total. The number of carboxylic acid groups (broad SMARTS) is 1. The average molecular weight is 294 g/mol. The molecule has 1 unspecified atom stereocenters. The number of carbonyl (C=O) groups is 1. The third-order valence-corrected chi connectivity index (χ3v) is 3.59. The number of nitrogen functional groups attached to an aromatic ring is 1. The molecule has 3 N–H and O–H groups in total. The van der Waals surface area contributed by atoms with Crippen molar-refractivity contribution in [1.29, 1.82) is 0 Å². The fourth-order valence-corrected chi connectivity index (χ4v) is 2.33. The molecule has 1 aliphatic heterocycles. The zero-order chi connectivity index (χ0) is 15.4. The van der Waals surface area contributed by atoms with Crippen LogP contribution in [-0.2, 0) is 4.74 Å². The lowest BCUT2D eigenvalue weighted by atomic mass is 10.2. The van der Waals surface area contributed by atoms with Gasteiger partial charge in [-0.2, -0.15) is 0 Å². The molecule has 1 aromatic rings. The number of rotatable bonds is 5. The maximum atomic E-state index is 10.9. The molecule has 2 rings (SSSR count). The molecule has 0 bridgehead atoms. The molecular formula is C15H22N2O4. The molecule has 1 heterocycles. The summed E-state index contributed by atoms with van der Waals surface area (Å²) in [7, 11) is 0. The van der Waals surface area contributed by atoms with E-state index in [-0.39, 0.29) is 17.4 Å². The molecule has 0 amide bonds. The van der Waals surface area contributed by atoms with Gasteiger partial charge in [0, 0.05) is 30.9 Å². The van der Waals surface area contributed by atoms with Gasteiger partial charge in [0.15, 0.2) is 0 Å². The third-order valence-electron chi connectivity index (χ3n) is 3.59. The molecule has 0 saturated carbocycles. The van der Waals surface area contributed by atoms with Crippen LogP contribution in [0.3, 0.4) is 0 Å². The van der Waals surface area contributed by atoms with Crippen LogP contribution in [0.25, 0.3) is 0 Å². The maximum absolute atomic E-state index is 10.9. The Kier molecular flexibility index (Phi) is 5.03. The van der Waals surface area contributed by atoms with Crippen LogP contribution in [0.4, 0.5) is 5.69 Å². The van der Waals surface area contributed by atoms with Gasteiger partial charge in [-0.3, -0.25) is 4.90 Å². The Bertz CT molecular complexity index is 504. The summed E-state index contributed by atoms with van der Waals surface area (Å²) in [6.07, 6.45) is 0.0153. The number of hydrogen-bond acceptors (Lipinski definition) is 5. The van der Waals surface area contributed by atoms with Gasteiger partial charge in [0.25, 0.3) is 0 Å². The van der Waals surface area contributed by atoms with Crippen LogP contribution < -0.4 is 10.5 Å². The predicted molar refractivity (Wildman–Crippen MR) is 79.8 cm³/mol. The quantitative estimate of drug-likeness (QED) is 0.800. The second-order valence-electron chi connectivity index (χ2n) is 5.45. The topological polar surface area (TPSA) is 85.0 Å². The van der Waals surface area contributed by atoms with E-state index in [1.807, 2.05) is 0 Å². The average Bonchev–Trinajstić information content (AvgIpc) is 2.45. The number of aromatic carboxylic acids is 1. The van der Waals surface area contributed by atoms with Gasteiger partial charge in [0.05, 0.1) is 12.2 Å². The molecule has 6 heteroatoms.